The van der Waals surface area contributed by atoms with Crippen molar-refractivity contribution in [1.29, 1.82) is 0 Å². The van der Waals surface area contributed by atoms with Gasteiger partial charge >= 0.3 is 0 Å². The van der Waals surface area contributed by atoms with Crippen molar-refractivity contribution in [3.8, 4) is 134 Å². The highest BCUT2D eigenvalue weighted by molar-refractivity contribution is 6.28. The Labute approximate surface area is 754 Å². The average Bonchev–Trinajstić information content (AvgIpc) is 1.22. The molecule has 0 fully saturated rings. The van der Waals surface area contributed by atoms with Gasteiger partial charge in [0.1, 0.15) is 11.2 Å². The molecule has 2 N–H and O–H groups in total. The van der Waals surface area contributed by atoms with Crippen LogP contribution in [0, 0.1) is 0 Å². The van der Waals surface area contributed by atoms with Gasteiger partial charge in [0, 0.05) is 87.4 Å². The van der Waals surface area contributed by atoms with Gasteiger partial charge in [-0.15, -0.1) is 0 Å². The second-order valence-electron chi connectivity index (χ2n) is 35.2. The van der Waals surface area contributed by atoms with Gasteiger partial charge in [0.15, 0.2) is 0 Å². The van der Waals surface area contributed by atoms with Crippen LogP contribution in [0.4, 0.5) is 0 Å². The summed E-state index contributed by atoms with van der Waals surface area (Å²) < 4.78 is 11.7. The van der Waals surface area contributed by atoms with Crippen molar-refractivity contribution in [2.24, 2.45) is 0 Å². The predicted molar refractivity (Wildman–Crippen MR) is 553 cm³/mol. The van der Waals surface area contributed by atoms with Crippen LogP contribution in [0.1, 0.15) is 0 Å². The molecule has 0 atom stereocenters. The smallest absolute Gasteiger partial charge is 0.143 e. The van der Waals surface area contributed by atoms with Crippen molar-refractivity contribution in [2.75, 3.05) is 0 Å². The molecule has 0 amide bonds. The van der Waals surface area contributed by atoms with Crippen molar-refractivity contribution in [2.45, 2.75) is 0 Å². The third-order valence-electron chi connectivity index (χ3n) is 27.7. The number of nitrogens with zero attached hydrogens (tertiary/aromatic N) is 2. The predicted octanol–water partition coefficient (Wildman–Crippen LogP) is 34.8. The highest BCUT2D eigenvalue weighted by Gasteiger charge is 2.24. The first-order chi connectivity index (χ1) is 64.9. The first-order valence-electron chi connectivity index (χ1n) is 45.1. The van der Waals surface area contributed by atoms with Crippen molar-refractivity contribution in [3.05, 3.63) is 461 Å². The van der Waals surface area contributed by atoms with Crippen LogP contribution >= 0.6 is 0 Å². The summed E-state index contributed by atoms with van der Waals surface area (Å²) in [5.74, 6) is 0. The minimum Gasteiger partial charge on any atom is -0.455 e. The van der Waals surface area contributed by atoms with E-state index in [-0.39, 0.29) is 0 Å². The second-order valence-corrected chi connectivity index (χ2v) is 35.2. The molecule has 0 spiro atoms. The lowest BCUT2D eigenvalue weighted by Gasteiger charge is -2.17. The highest BCUT2D eigenvalue weighted by Crippen LogP contribution is 2.48. The molecular formula is C126H78N4O. The minimum atomic E-state index is 0.887. The van der Waals surface area contributed by atoms with E-state index in [0.717, 1.165) is 144 Å². The molecule has 5 heteroatoms. The molecule has 0 bridgehead atoms. The van der Waals surface area contributed by atoms with E-state index in [0.29, 0.717) is 0 Å². The van der Waals surface area contributed by atoms with Crippen LogP contribution in [0.2, 0.25) is 0 Å². The maximum absolute atomic E-state index is 6.70. The molecule has 0 aliphatic heterocycles. The van der Waals surface area contributed by atoms with E-state index in [1.165, 1.54) is 131 Å². The van der Waals surface area contributed by atoms with Crippen LogP contribution in [0.25, 0.3) is 275 Å². The summed E-state index contributed by atoms with van der Waals surface area (Å²) in [7, 11) is 0. The molecular weight excluding hydrogens is 1590 g/mol. The Kier molecular flexibility index (Phi) is 16.7. The van der Waals surface area contributed by atoms with E-state index in [1.807, 2.05) is 6.07 Å². The molecule has 131 heavy (non-hydrogen) atoms. The number of hydrogen-bond acceptors (Lipinski definition) is 1. The summed E-state index contributed by atoms with van der Waals surface area (Å²) in [6, 6.07) is 171. The van der Waals surface area contributed by atoms with Gasteiger partial charge in [-0.3, -0.25) is 0 Å². The number of aromatic nitrogens is 4. The third-order valence-corrected chi connectivity index (χ3v) is 27.7. The largest absolute Gasteiger partial charge is 0.455 e. The second kappa shape index (κ2) is 29.6. The first kappa shape index (κ1) is 73.9. The average molecular weight is 1660 g/mol. The van der Waals surface area contributed by atoms with E-state index < -0.39 is 0 Å². The van der Waals surface area contributed by atoms with E-state index >= 15 is 0 Å². The number of para-hydroxylation sites is 4. The van der Waals surface area contributed by atoms with Crippen LogP contribution in [0.5, 0.6) is 0 Å². The fourth-order valence-electron chi connectivity index (χ4n) is 21.4. The number of hydrogen-bond donors (Lipinski definition) is 2. The van der Waals surface area contributed by atoms with Gasteiger partial charge in [-0.1, -0.05) is 322 Å². The van der Waals surface area contributed by atoms with Gasteiger partial charge in [0.2, 0.25) is 0 Å². The topological polar surface area (TPSA) is 54.6 Å². The van der Waals surface area contributed by atoms with Gasteiger partial charge < -0.3 is 23.5 Å². The maximum Gasteiger partial charge on any atom is 0.143 e. The first-order valence-corrected chi connectivity index (χ1v) is 45.1. The number of furan rings is 1. The van der Waals surface area contributed by atoms with Gasteiger partial charge in [-0.05, 0) is 289 Å². The minimum absolute atomic E-state index is 0.887. The van der Waals surface area contributed by atoms with Crippen LogP contribution < -0.4 is 0 Å². The number of benzene rings is 22. The fraction of sp³-hybridized carbons (Fsp3) is 0. The molecule has 608 valence electrons. The molecule has 27 aromatic rings. The highest BCUT2D eigenvalue weighted by atomic mass is 16.3. The zero-order valence-electron chi connectivity index (χ0n) is 71.2. The number of H-pyrrole nitrogens is 2. The normalized spacial score (nSPS) is 12.0. The molecule has 0 aliphatic rings. The van der Waals surface area contributed by atoms with Gasteiger partial charge in [0.25, 0.3) is 0 Å². The van der Waals surface area contributed by atoms with E-state index in [1.54, 1.807) is 0 Å². The SMILES string of the molecule is c1ccc(-c2cccc(-c3cccc(-c4ccc5[nH]c6c(ccc7c8cc(-c9cccc(-c%10cccc(-c%11ccccc%11)c%10)c9)ccc8n(-c8ccc9c%10cc(-c%11cccc(-c%12cccc%13c%12oc%12ccccc%12%13)c%11)ccc%10c%10cc(-n%11c%12ccccc%12c%12cc(-c%13cccc(-c%14cccc(-c%15ccc%16[nH]c%17ccccc%17c%16c%15)c%14)c%13)ccc%12%11)ccc%10c9c8)c76)c5c4)c3)c2)cc1. The Morgan fingerprint density at radius 2 is 0.489 bits per heavy atom. The monoisotopic (exact) mass is 1660 g/mol. The summed E-state index contributed by atoms with van der Waals surface area (Å²) in [5.41, 5.74) is 38.5. The van der Waals surface area contributed by atoms with Crippen molar-refractivity contribution >= 4 is 141 Å². The summed E-state index contributed by atoms with van der Waals surface area (Å²) in [4.78, 5) is 7.72. The standard InChI is InChI=1S/C126H78N4O/c1-3-21-77(22-4-1)79-25-13-27-81(63-79)83-29-15-34-88(65-83)94-49-60-119-114(72-94)107-57-58-108-116-74-96(90-36-17-30-84(67-90)82-28-14-26-80(64-82)78-23-5-2-6-24-78)51-62-122(116)130(125(108)124(107)128-119)99-53-56-102-110-70-92(91-37-19-38-97(69-91)100-42-20-43-109-106-41-9-12-46-123(106)131-126(100)109)47-54-101(110)111-75-98(52-55-103(111)112(102)76-99)129-120-45-11-8-40-105(120)115-73-95(50-61-121(115)129)89-35-18-32-86(68-89)85-31-16-33-87(66-85)93-48-59-118-113(71-93)104-39-7-10-44-117(104)127-118/h1-76,127-128H. The Morgan fingerprint density at radius 3 is 1.03 bits per heavy atom. The molecule has 5 aromatic heterocycles. The molecule has 27 rings (SSSR count). The van der Waals surface area contributed by atoms with Crippen molar-refractivity contribution < 1.29 is 4.42 Å². The molecule has 0 aliphatic carbocycles. The fourth-order valence-corrected chi connectivity index (χ4v) is 21.4. The zero-order chi connectivity index (χ0) is 85.9. The van der Waals surface area contributed by atoms with E-state index in [4.69, 9.17) is 4.42 Å². The number of fused-ring (bicyclic) bond motifs is 22. The van der Waals surface area contributed by atoms with E-state index in [2.05, 4.69) is 474 Å². The number of nitrogens with one attached hydrogen (secondary N) is 2. The maximum atomic E-state index is 6.70. The summed E-state index contributed by atoms with van der Waals surface area (Å²) in [6.45, 7) is 0. The Morgan fingerprint density at radius 1 is 0.160 bits per heavy atom. The van der Waals surface area contributed by atoms with E-state index in [9.17, 15) is 0 Å². The van der Waals surface area contributed by atoms with Crippen LogP contribution in [0.15, 0.2) is 465 Å². The number of aromatic amines is 2. The Hall–Kier alpha value is -17.4. The van der Waals surface area contributed by atoms with Crippen LogP contribution in [-0.4, -0.2) is 19.1 Å². The third kappa shape index (κ3) is 12.2. The van der Waals surface area contributed by atoms with Crippen molar-refractivity contribution in [1.82, 2.24) is 19.1 Å². The quantitative estimate of drug-likeness (QED) is 0.111. The lowest BCUT2D eigenvalue weighted by molar-refractivity contribution is 0.670. The molecule has 0 saturated carbocycles. The van der Waals surface area contributed by atoms with Gasteiger partial charge in [-0.25, -0.2) is 0 Å². The van der Waals surface area contributed by atoms with Gasteiger partial charge in [-0.2, -0.15) is 0 Å². The molecule has 22 aromatic carbocycles. The molecule has 0 unspecified atom stereocenters. The molecule has 5 nitrogen and oxygen atoms in total. The van der Waals surface area contributed by atoms with Crippen LogP contribution in [0.3, 0.4) is 0 Å². The van der Waals surface area contributed by atoms with Crippen LogP contribution in [-0.2, 0) is 0 Å². The van der Waals surface area contributed by atoms with Crippen molar-refractivity contribution in [3.63, 3.8) is 0 Å². The Bertz CT molecular complexity index is 9440. The molecule has 0 saturated heterocycles. The molecule has 5 heterocycles. The number of rotatable bonds is 13. The lowest BCUT2D eigenvalue weighted by Crippen LogP contribution is -1.97. The summed E-state index contributed by atoms with van der Waals surface area (Å²) in [5, 5.41) is 18.8. The van der Waals surface area contributed by atoms with Gasteiger partial charge in [0.05, 0.1) is 27.6 Å². The summed E-state index contributed by atoms with van der Waals surface area (Å²) >= 11 is 0. The Balaban J connectivity index is 0.629. The lowest BCUT2D eigenvalue weighted by atomic mass is 9.90. The molecule has 0 radical (unpaired) electrons. The zero-order valence-corrected chi connectivity index (χ0v) is 71.2. The summed E-state index contributed by atoms with van der Waals surface area (Å²) in [6.07, 6.45) is 0.